The van der Waals surface area contributed by atoms with E-state index in [1.165, 1.54) is 12.2 Å². The van der Waals surface area contributed by atoms with Crippen molar-refractivity contribution < 1.29 is 4.79 Å². The lowest BCUT2D eigenvalue weighted by atomic mass is 10.2. The Morgan fingerprint density at radius 2 is 1.92 bits per heavy atom. The predicted molar refractivity (Wildman–Crippen MR) is 48.5 cm³/mol. The molecule has 0 spiro atoms. The van der Waals surface area contributed by atoms with Crippen LogP contribution in [-0.4, -0.2) is 6.29 Å². The van der Waals surface area contributed by atoms with Gasteiger partial charge in [0.1, 0.15) is 6.29 Å². The van der Waals surface area contributed by atoms with Gasteiger partial charge in [-0.3, -0.25) is 4.79 Å². The number of carbonyl (C=O) groups is 1. The molecule has 1 rings (SSSR count). The molecule has 0 bridgehead atoms. The van der Waals surface area contributed by atoms with Crippen LogP contribution >= 0.6 is 0 Å². The largest absolute Gasteiger partial charge is 0.299 e. The van der Waals surface area contributed by atoms with Gasteiger partial charge in [0.25, 0.3) is 0 Å². The number of allylic oxidation sites excluding steroid dienone is 2. The highest BCUT2D eigenvalue weighted by Crippen LogP contribution is 1.94. The van der Waals surface area contributed by atoms with Gasteiger partial charge in [0.05, 0.1) is 0 Å². The monoisotopic (exact) mass is 156 g/mol. The van der Waals surface area contributed by atoms with Gasteiger partial charge in [-0.2, -0.15) is 0 Å². The minimum absolute atomic E-state index is 0.708. The number of benzene rings is 1. The quantitative estimate of drug-likeness (QED) is 0.344. The molecule has 0 amide bonds. The van der Waals surface area contributed by atoms with Crippen LogP contribution in [0.15, 0.2) is 42.5 Å². The molecule has 58 valence electrons. The molecule has 0 aliphatic heterocycles. The summed E-state index contributed by atoms with van der Waals surface area (Å²) in [7, 11) is 0. The summed E-state index contributed by atoms with van der Waals surface area (Å²) in [4.78, 5) is 9.86. The SMILES string of the molecule is O=C/C=C/C#Cc1ccccc1. The highest BCUT2D eigenvalue weighted by Gasteiger charge is 1.78. The second-order valence-electron chi connectivity index (χ2n) is 2.13. The van der Waals surface area contributed by atoms with Gasteiger partial charge < -0.3 is 0 Å². The number of carbonyl (C=O) groups excluding carboxylic acids is 1. The predicted octanol–water partition coefficient (Wildman–Crippen LogP) is 1.79. The van der Waals surface area contributed by atoms with E-state index in [0.29, 0.717) is 6.29 Å². The highest BCUT2D eigenvalue weighted by atomic mass is 16.1. The van der Waals surface area contributed by atoms with Crippen molar-refractivity contribution in [2.45, 2.75) is 0 Å². The van der Waals surface area contributed by atoms with Crippen LogP contribution in [0.4, 0.5) is 0 Å². The van der Waals surface area contributed by atoms with E-state index in [-0.39, 0.29) is 0 Å². The van der Waals surface area contributed by atoms with Crippen molar-refractivity contribution in [2.24, 2.45) is 0 Å². The Hall–Kier alpha value is -1.81. The van der Waals surface area contributed by atoms with Crippen molar-refractivity contribution in [3.8, 4) is 11.8 Å². The van der Waals surface area contributed by atoms with E-state index in [1.54, 1.807) is 0 Å². The lowest BCUT2D eigenvalue weighted by Gasteiger charge is -1.83. The number of hydrogen-bond acceptors (Lipinski definition) is 1. The van der Waals surface area contributed by atoms with Crippen molar-refractivity contribution in [3.63, 3.8) is 0 Å². The number of rotatable bonds is 1. The zero-order valence-electron chi connectivity index (χ0n) is 6.53. The maximum atomic E-state index is 9.86. The van der Waals surface area contributed by atoms with Gasteiger partial charge in [-0.1, -0.05) is 30.0 Å². The van der Waals surface area contributed by atoms with E-state index >= 15 is 0 Å². The van der Waals surface area contributed by atoms with Crippen LogP contribution < -0.4 is 0 Å². The van der Waals surface area contributed by atoms with Crippen molar-refractivity contribution in [2.75, 3.05) is 0 Å². The van der Waals surface area contributed by atoms with Gasteiger partial charge in [0.2, 0.25) is 0 Å². The Morgan fingerprint density at radius 3 is 2.58 bits per heavy atom. The first kappa shape index (κ1) is 8.29. The van der Waals surface area contributed by atoms with Crippen molar-refractivity contribution in [1.29, 1.82) is 0 Å². The molecule has 0 atom stereocenters. The fourth-order valence-corrected chi connectivity index (χ4v) is 0.734. The van der Waals surface area contributed by atoms with E-state index in [2.05, 4.69) is 11.8 Å². The standard InChI is InChI=1S/C11H8O/c12-10-6-2-5-9-11-7-3-1-4-8-11/h1-4,6-8,10H/b6-2+. The van der Waals surface area contributed by atoms with Crippen LogP contribution in [0, 0.1) is 11.8 Å². The van der Waals surface area contributed by atoms with Crippen LogP contribution in [0.5, 0.6) is 0 Å². The molecule has 0 aliphatic carbocycles. The molecule has 0 saturated heterocycles. The molecule has 0 heterocycles. The summed E-state index contributed by atoms with van der Waals surface area (Å²) in [5, 5.41) is 0. The fourth-order valence-electron chi connectivity index (χ4n) is 0.734. The third kappa shape index (κ3) is 2.85. The average molecular weight is 156 g/mol. The van der Waals surface area contributed by atoms with Crippen molar-refractivity contribution >= 4 is 6.29 Å². The maximum absolute atomic E-state index is 9.86. The molecule has 0 fully saturated rings. The Balaban J connectivity index is 2.67. The minimum atomic E-state index is 0.708. The molecule has 0 aromatic heterocycles. The third-order valence-corrected chi connectivity index (χ3v) is 1.25. The second-order valence-corrected chi connectivity index (χ2v) is 2.13. The Labute approximate surface area is 71.7 Å². The summed E-state index contributed by atoms with van der Waals surface area (Å²) >= 11 is 0. The normalized spacial score (nSPS) is 9.00. The first-order valence-electron chi connectivity index (χ1n) is 3.60. The molecule has 12 heavy (non-hydrogen) atoms. The van der Waals surface area contributed by atoms with Crippen LogP contribution in [0.1, 0.15) is 5.56 Å². The lowest BCUT2D eigenvalue weighted by molar-refractivity contribution is -0.104. The van der Waals surface area contributed by atoms with Crippen LogP contribution in [0.25, 0.3) is 0 Å². The van der Waals surface area contributed by atoms with E-state index < -0.39 is 0 Å². The Morgan fingerprint density at radius 1 is 1.17 bits per heavy atom. The molecule has 0 radical (unpaired) electrons. The summed E-state index contributed by atoms with van der Waals surface area (Å²) in [5.41, 5.74) is 0.952. The van der Waals surface area contributed by atoms with Crippen molar-refractivity contribution in [1.82, 2.24) is 0 Å². The average Bonchev–Trinajstić information content (AvgIpc) is 2.14. The fraction of sp³-hybridized carbons (Fsp3) is 0. The molecular weight excluding hydrogens is 148 g/mol. The van der Waals surface area contributed by atoms with Crippen LogP contribution in [0.3, 0.4) is 0 Å². The van der Waals surface area contributed by atoms with E-state index in [1.807, 2.05) is 30.3 Å². The van der Waals surface area contributed by atoms with E-state index in [9.17, 15) is 4.79 Å². The van der Waals surface area contributed by atoms with E-state index in [0.717, 1.165) is 5.56 Å². The van der Waals surface area contributed by atoms with E-state index in [4.69, 9.17) is 0 Å². The summed E-state index contributed by atoms with van der Waals surface area (Å²) < 4.78 is 0. The zero-order chi connectivity index (χ0) is 8.65. The first-order valence-corrected chi connectivity index (χ1v) is 3.60. The third-order valence-electron chi connectivity index (χ3n) is 1.25. The van der Waals surface area contributed by atoms with Gasteiger partial charge >= 0.3 is 0 Å². The lowest BCUT2D eigenvalue weighted by Crippen LogP contribution is -1.69. The van der Waals surface area contributed by atoms with Gasteiger partial charge in [0.15, 0.2) is 0 Å². The summed E-state index contributed by atoms with van der Waals surface area (Å²) in [5.74, 6) is 5.62. The zero-order valence-corrected chi connectivity index (χ0v) is 6.53. The summed E-state index contributed by atoms with van der Waals surface area (Å²) in [6.45, 7) is 0. The van der Waals surface area contributed by atoms with Gasteiger partial charge in [-0.25, -0.2) is 0 Å². The molecule has 1 nitrogen and oxygen atoms in total. The molecule has 1 aromatic rings. The smallest absolute Gasteiger partial charge is 0.143 e. The van der Waals surface area contributed by atoms with Gasteiger partial charge in [-0.05, 0) is 24.3 Å². The summed E-state index contributed by atoms with van der Waals surface area (Å²) in [6, 6.07) is 9.62. The molecular formula is C11H8O. The minimum Gasteiger partial charge on any atom is -0.299 e. The first-order chi connectivity index (χ1) is 5.93. The molecule has 0 aliphatic rings. The van der Waals surface area contributed by atoms with Gasteiger partial charge in [0, 0.05) is 5.56 Å². The Kier molecular flexibility index (Phi) is 3.40. The second kappa shape index (κ2) is 4.92. The highest BCUT2D eigenvalue weighted by molar-refractivity contribution is 5.65. The molecule has 0 unspecified atom stereocenters. The van der Waals surface area contributed by atoms with Crippen LogP contribution in [-0.2, 0) is 4.79 Å². The summed E-state index contributed by atoms with van der Waals surface area (Å²) in [6.07, 6.45) is 3.61. The van der Waals surface area contributed by atoms with Crippen LogP contribution in [0.2, 0.25) is 0 Å². The van der Waals surface area contributed by atoms with Crippen molar-refractivity contribution in [3.05, 3.63) is 48.0 Å². The molecule has 1 aromatic carbocycles. The molecule has 1 heteroatoms. The topological polar surface area (TPSA) is 17.1 Å². The maximum Gasteiger partial charge on any atom is 0.143 e. The number of aldehydes is 1. The van der Waals surface area contributed by atoms with Gasteiger partial charge in [-0.15, -0.1) is 0 Å². The Bertz CT molecular complexity index is 325. The molecule has 0 saturated carbocycles. The number of hydrogen-bond donors (Lipinski definition) is 0. The molecule has 0 N–H and O–H groups in total.